The van der Waals surface area contributed by atoms with Crippen LogP contribution in [0.2, 0.25) is 0 Å². The quantitative estimate of drug-likeness (QED) is 0.914. The van der Waals surface area contributed by atoms with Gasteiger partial charge in [-0.3, -0.25) is 0 Å². The summed E-state index contributed by atoms with van der Waals surface area (Å²) in [4.78, 5) is 15.0. The largest absolute Gasteiger partial charge is 0.451 e. The fraction of sp³-hybridized carbons (Fsp3) is 0.300. The highest BCUT2D eigenvalue weighted by Crippen LogP contribution is 2.22. The van der Waals surface area contributed by atoms with Crippen molar-refractivity contribution in [1.82, 2.24) is 5.32 Å². The summed E-state index contributed by atoms with van der Waals surface area (Å²) >= 11 is 0. The van der Waals surface area contributed by atoms with E-state index in [0.717, 1.165) is 5.56 Å². The van der Waals surface area contributed by atoms with Crippen LogP contribution in [0.3, 0.4) is 0 Å². The summed E-state index contributed by atoms with van der Waals surface area (Å²) in [6.45, 7) is 3.53. The molecule has 0 aliphatic carbocycles. The van der Waals surface area contributed by atoms with E-state index in [1.54, 1.807) is 0 Å². The van der Waals surface area contributed by atoms with Gasteiger partial charge in [-0.25, -0.2) is 9.79 Å². The Morgan fingerprint density at radius 3 is 2.23 bits per heavy atom. The second-order valence-corrected chi connectivity index (χ2v) is 5.77. The molecule has 1 N–H and O–H groups in total. The molecule has 0 radical (unpaired) electrons. The van der Waals surface area contributed by atoms with Gasteiger partial charge in [0.1, 0.15) is 19.3 Å². The lowest BCUT2D eigenvalue weighted by molar-refractivity contribution is 0.177. The molecule has 2 atom stereocenters. The second-order valence-electron chi connectivity index (χ2n) is 5.77. The Kier molecular flexibility index (Phi) is 6.09. The van der Waals surface area contributed by atoms with Crippen LogP contribution in [-0.2, 0) is 14.2 Å². The zero-order valence-electron chi connectivity index (χ0n) is 14.6. The summed E-state index contributed by atoms with van der Waals surface area (Å²) in [5, 5.41) is 2.71. The lowest BCUT2D eigenvalue weighted by Crippen LogP contribution is -2.17. The van der Waals surface area contributed by atoms with E-state index in [9.17, 15) is 4.79 Å². The predicted molar refractivity (Wildman–Crippen MR) is 97.9 cm³/mol. The summed E-state index contributed by atoms with van der Waals surface area (Å²) in [6, 6.07) is 20.0. The molecule has 0 aromatic heterocycles. The van der Waals surface area contributed by atoms with Crippen molar-refractivity contribution in [2.45, 2.75) is 19.0 Å². The minimum absolute atomic E-state index is 0.0266. The molecule has 0 saturated carbocycles. The van der Waals surface area contributed by atoms with Gasteiger partial charge in [0, 0.05) is 0 Å². The van der Waals surface area contributed by atoms with Crippen LogP contribution in [0.25, 0.3) is 0 Å². The minimum Gasteiger partial charge on any atom is -0.451 e. The number of ether oxygens (including phenoxy) is 3. The Balaban J connectivity index is 0.000000152. The van der Waals surface area contributed by atoms with E-state index < -0.39 is 0 Å². The number of carbonyl (C=O) groups excluding carboxylic acids is 1. The first-order valence-electron chi connectivity index (χ1n) is 8.63. The molecular weight excluding hydrogens is 332 g/mol. The maximum Gasteiger partial charge on any atom is 0.407 e. The maximum atomic E-state index is 10.7. The number of alkyl carbamates (subject to hydrolysis) is 1. The number of nitrogens with one attached hydrogen (secondary N) is 1. The van der Waals surface area contributed by atoms with Gasteiger partial charge in [-0.15, -0.1) is 0 Å². The lowest BCUT2D eigenvalue weighted by atomic mass is 10.1. The molecule has 6 nitrogen and oxygen atoms in total. The van der Waals surface area contributed by atoms with Gasteiger partial charge in [-0.2, -0.15) is 0 Å². The van der Waals surface area contributed by atoms with Gasteiger partial charge in [-0.1, -0.05) is 60.7 Å². The molecule has 0 bridgehead atoms. The monoisotopic (exact) mass is 354 g/mol. The van der Waals surface area contributed by atoms with E-state index in [2.05, 4.69) is 10.3 Å². The van der Waals surface area contributed by atoms with Crippen LogP contribution in [0.5, 0.6) is 0 Å². The van der Waals surface area contributed by atoms with Gasteiger partial charge in [0.05, 0.1) is 12.6 Å². The minimum atomic E-state index is -0.330. The van der Waals surface area contributed by atoms with Crippen LogP contribution in [0.15, 0.2) is 65.7 Å². The Morgan fingerprint density at radius 1 is 1.00 bits per heavy atom. The Bertz CT molecular complexity index is 734. The van der Waals surface area contributed by atoms with Crippen LogP contribution in [0, 0.1) is 0 Å². The first-order chi connectivity index (χ1) is 12.8. The van der Waals surface area contributed by atoms with E-state index in [4.69, 9.17) is 14.2 Å². The molecule has 2 aliphatic rings. The first-order valence-corrected chi connectivity index (χ1v) is 8.63. The number of nitrogens with zero attached hydrogens (tertiary/aromatic N) is 1. The third-order valence-corrected chi connectivity index (χ3v) is 3.95. The van der Waals surface area contributed by atoms with Crippen LogP contribution in [0.1, 0.15) is 30.1 Å². The Morgan fingerprint density at radius 2 is 1.65 bits per heavy atom. The molecule has 1 fully saturated rings. The molecule has 1 saturated heterocycles. The smallest absolute Gasteiger partial charge is 0.407 e. The fourth-order valence-electron chi connectivity index (χ4n) is 2.65. The van der Waals surface area contributed by atoms with Crippen LogP contribution in [0.4, 0.5) is 4.79 Å². The zero-order valence-corrected chi connectivity index (χ0v) is 14.6. The van der Waals surface area contributed by atoms with Gasteiger partial charge in [0.2, 0.25) is 0 Å². The van der Waals surface area contributed by atoms with Gasteiger partial charge in [0.25, 0.3) is 0 Å². The van der Waals surface area contributed by atoms with Gasteiger partial charge < -0.3 is 19.5 Å². The molecular formula is C20H22N2O4. The molecule has 1 amide bonds. The molecule has 2 aromatic rings. The Hall–Kier alpha value is -3.02. The average molecular weight is 354 g/mol. The van der Waals surface area contributed by atoms with Gasteiger partial charge in [0.15, 0.2) is 0 Å². The number of benzene rings is 2. The number of hydrogen-bond donors (Lipinski definition) is 1. The summed E-state index contributed by atoms with van der Waals surface area (Å²) in [5.41, 5.74) is 2.26. The SMILES string of the molecule is CCOC1=N[C@@H](c2ccccc2)CO1.O=C1N[C@@H](c2ccccc2)CO1. The van der Waals surface area contributed by atoms with Crippen LogP contribution >= 0.6 is 0 Å². The number of cyclic esters (lactones) is 1. The second kappa shape index (κ2) is 8.89. The van der Waals surface area contributed by atoms with Crippen molar-refractivity contribution in [3.05, 3.63) is 71.8 Å². The highest BCUT2D eigenvalue weighted by Gasteiger charge is 2.23. The molecule has 136 valence electrons. The lowest BCUT2D eigenvalue weighted by Gasteiger charge is -2.05. The maximum absolute atomic E-state index is 10.7. The third-order valence-electron chi connectivity index (χ3n) is 3.95. The molecule has 2 heterocycles. The standard InChI is InChI=1S/C11H13NO2.C9H9NO2/c1-2-13-11-12-10(8-14-11)9-6-4-3-5-7-9;11-9-10-8(6-12-9)7-4-2-1-3-5-7/h3-7,10H,2,8H2,1H3;1-5,8H,6H2,(H,10,11)/t10-;8-/m11/s1. The van der Waals surface area contributed by atoms with Crippen molar-refractivity contribution in [3.8, 4) is 0 Å². The summed E-state index contributed by atoms with van der Waals surface area (Å²) in [7, 11) is 0. The van der Waals surface area contributed by atoms with E-state index in [0.29, 0.717) is 25.9 Å². The van der Waals surface area contributed by atoms with Crippen molar-refractivity contribution in [1.29, 1.82) is 0 Å². The highest BCUT2D eigenvalue weighted by atomic mass is 16.7. The average Bonchev–Trinajstić information content (AvgIpc) is 3.33. The zero-order chi connectivity index (χ0) is 18.2. The fourth-order valence-corrected chi connectivity index (χ4v) is 2.65. The number of amides is 1. The van der Waals surface area contributed by atoms with Gasteiger partial charge in [-0.05, 0) is 18.1 Å². The molecule has 0 spiro atoms. The summed E-state index contributed by atoms with van der Waals surface area (Å²) in [6.07, 6.45) is 0.0882. The van der Waals surface area contributed by atoms with Crippen molar-refractivity contribution >= 4 is 12.2 Å². The molecule has 4 rings (SSSR count). The number of carbonyl (C=O) groups is 1. The summed E-state index contributed by atoms with van der Waals surface area (Å²) < 4.78 is 15.2. The number of rotatable bonds is 3. The number of aliphatic imine (C=N–C) groups is 1. The van der Waals surface area contributed by atoms with Crippen LogP contribution < -0.4 is 5.32 Å². The molecule has 0 unspecified atom stereocenters. The Labute approximate surface area is 152 Å². The van der Waals surface area contributed by atoms with Crippen molar-refractivity contribution in [2.24, 2.45) is 4.99 Å². The normalized spacial score (nSPS) is 20.8. The van der Waals surface area contributed by atoms with Crippen LogP contribution in [-0.4, -0.2) is 32.0 Å². The number of hydrogen-bond acceptors (Lipinski definition) is 5. The van der Waals surface area contributed by atoms with Gasteiger partial charge >= 0.3 is 12.2 Å². The van der Waals surface area contributed by atoms with Crippen molar-refractivity contribution in [3.63, 3.8) is 0 Å². The molecule has 26 heavy (non-hydrogen) atoms. The molecule has 6 heteroatoms. The third kappa shape index (κ3) is 4.75. The van der Waals surface area contributed by atoms with E-state index in [-0.39, 0.29) is 18.2 Å². The molecule has 2 aromatic carbocycles. The molecule has 2 aliphatic heterocycles. The topological polar surface area (TPSA) is 69.2 Å². The van der Waals surface area contributed by atoms with Crippen molar-refractivity contribution < 1.29 is 19.0 Å². The van der Waals surface area contributed by atoms with Crippen molar-refractivity contribution in [2.75, 3.05) is 19.8 Å². The predicted octanol–water partition coefficient (Wildman–Crippen LogP) is 3.62. The first kappa shape index (κ1) is 17.8. The van der Waals surface area contributed by atoms with E-state index >= 15 is 0 Å². The summed E-state index contributed by atoms with van der Waals surface area (Å²) in [5.74, 6) is 0. The highest BCUT2D eigenvalue weighted by molar-refractivity contribution is 5.70. The van der Waals surface area contributed by atoms with E-state index in [1.165, 1.54) is 5.56 Å². The van der Waals surface area contributed by atoms with E-state index in [1.807, 2.05) is 67.6 Å².